The predicted molar refractivity (Wildman–Crippen MR) is 53.4 cm³/mol. The standard InChI is InChI=1S/C9H15N3O/c1-7(4-5-13)12-9-3-2-8(10)6-11-9/h2-3,6-7,13H,4-5,10H2,1H3,(H,11,12). The maximum atomic E-state index is 8.68. The number of hydrogen-bond donors (Lipinski definition) is 3. The highest BCUT2D eigenvalue weighted by Gasteiger charge is 2.00. The number of anilines is 2. The van der Waals surface area contributed by atoms with Crippen LogP contribution in [0.1, 0.15) is 13.3 Å². The Morgan fingerprint density at radius 3 is 2.92 bits per heavy atom. The van der Waals surface area contributed by atoms with Crippen LogP contribution in [0.4, 0.5) is 11.5 Å². The van der Waals surface area contributed by atoms with Gasteiger partial charge in [-0.2, -0.15) is 0 Å². The second kappa shape index (κ2) is 4.67. The van der Waals surface area contributed by atoms with Gasteiger partial charge in [-0.05, 0) is 25.5 Å². The van der Waals surface area contributed by atoms with E-state index in [0.717, 1.165) is 5.82 Å². The lowest BCUT2D eigenvalue weighted by molar-refractivity contribution is 0.282. The van der Waals surface area contributed by atoms with Crippen LogP contribution in [0.2, 0.25) is 0 Å². The number of aromatic nitrogens is 1. The van der Waals surface area contributed by atoms with E-state index in [9.17, 15) is 0 Å². The van der Waals surface area contributed by atoms with Crippen LogP contribution in [0.25, 0.3) is 0 Å². The smallest absolute Gasteiger partial charge is 0.126 e. The molecule has 0 aliphatic rings. The average Bonchev–Trinajstić information content (AvgIpc) is 2.09. The second-order valence-corrected chi connectivity index (χ2v) is 3.03. The van der Waals surface area contributed by atoms with Crippen molar-refractivity contribution in [3.8, 4) is 0 Å². The zero-order valence-electron chi connectivity index (χ0n) is 7.70. The van der Waals surface area contributed by atoms with Crippen LogP contribution in [-0.2, 0) is 0 Å². The second-order valence-electron chi connectivity index (χ2n) is 3.03. The Kier molecular flexibility index (Phi) is 3.52. The number of rotatable bonds is 4. The molecule has 0 radical (unpaired) electrons. The Morgan fingerprint density at radius 1 is 1.62 bits per heavy atom. The van der Waals surface area contributed by atoms with E-state index in [-0.39, 0.29) is 12.6 Å². The number of nitrogens with one attached hydrogen (secondary N) is 1. The highest BCUT2D eigenvalue weighted by Crippen LogP contribution is 2.08. The molecule has 0 spiro atoms. The lowest BCUT2D eigenvalue weighted by atomic mass is 10.2. The van der Waals surface area contributed by atoms with Gasteiger partial charge >= 0.3 is 0 Å². The van der Waals surface area contributed by atoms with Gasteiger partial charge in [0.2, 0.25) is 0 Å². The van der Waals surface area contributed by atoms with Crippen LogP contribution in [0.15, 0.2) is 18.3 Å². The molecule has 0 fully saturated rings. The molecule has 72 valence electrons. The van der Waals surface area contributed by atoms with Crippen LogP contribution in [0.3, 0.4) is 0 Å². The minimum Gasteiger partial charge on any atom is -0.397 e. The summed E-state index contributed by atoms with van der Waals surface area (Å²) in [6, 6.07) is 3.84. The minimum atomic E-state index is 0.184. The number of aliphatic hydroxyl groups is 1. The molecule has 0 aromatic carbocycles. The first kappa shape index (κ1) is 9.80. The molecule has 0 aliphatic carbocycles. The van der Waals surface area contributed by atoms with E-state index in [2.05, 4.69) is 10.3 Å². The predicted octanol–water partition coefficient (Wildman–Crippen LogP) is 0.847. The summed E-state index contributed by atoms with van der Waals surface area (Å²) in [5.41, 5.74) is 6.14. The Hall–Kier alpha value is -1.29. The average molecular weight is 181 g/mol. The fourth-order valence-electron chi connectivity index (χ4n) is 1.01. The minimum absolute atomic E-state index is 0.184. The van der Waals surface area contributed by atoms with E-state index in [0.29, 0.717) is 12.1 Å². The van der Waals surface area contributed by atoms with Crippen LogP contribution in [0, 0.1) is 0 Å². The van der Waals surface area contributed by atoms with Crippen molar-refractivity contribution in [2.45, 2.75) is 19.4 Å². The summed E-state index contributed by atoms with van der Waals surface area (Å²) >= 11 is 0. The summed E-state index contributed by atoms with van der Waals surface area (Å²) in [4.78, 5) is 4.08. The summed E-state index contributed by atoms with van der Waals surface area (Å²) in [5.74, 6) is 0.787. The van der Waals surface area contributed by atoms with Gasteiger partial charge in [-0.1, -0.05) is 0 Å². The van der Waals surface area contributed by atoms with Gasteiger partial charge in [-0.25, -0.2) is 4.98 Å². The highest BCUT2D eigenvalue weighted by atomic mass is 16.3. The van der Waals surface area contributed by atoms with Gasteiger partial charge in [-0.15, -0.1) is 0 Å². The third kappa shape index (κ3) is 3.29. The Labute approximate surface area is 77.8 Å². The molecule has 0 bridgehead atoms. The van der Waals surface area contributed by atoms with Crippen molar-refractivity contribution in [2.24, 2.45) is 0 Å². The summed E-state index contributed by atoms with van der Waals surface area (Å²) < 4.78 is 0. The largest absolute Gasteiger partial charge is 0.397 e. The number of hydrogen-bond acceptors (Lipinski definition) is 4. The molecule has 0 saturated heterocycles. The summed E-state index contributed by atoms with van der Waals surface area (Å²) in [6.45, 7) is 2.18. The zero-order valence-corrected chi connectivity index (χ0v) is 7.70. The molecule has 1 heterocycles. The highest BCUT2D eigenvalue weighted by molar-refractivity contribution is 5.44. The quantitative estimate of drug-likeness (QED) is 0.644. The maximum Gasteiger partial charge on any atom is 0.126 e. The lowest BCUT2D eigenvalue weighted by Crippen LogP contribution is -2.17. The van der Waals surface area contributed by atoms with Crippen molar-refractivity contribution in [2.75, 3.05) is 17.7 Å². The van der Waals surface area contributed by atoms with Gasteiger partial charge in [0.05, 0.1) is 11.9 Å². The Balaban J connectivity index is 2.49. The van der Waals surface area contributed by atoms with Gasteiger partial charge < -0.3 is 16.2 Å². The third-order valence-corrected chi connectivity index (χ3v) is 1.74. The van der Waals surface area contributed by atoms with Gasteiger partial charge in [0.1, 0.15) is 5.82 Å². The van der Waals surface area contributed by atoms with E-state index in [1.165, 1.54) is 0 Å². The first-order chi connectivity index (χ1) is 6.22. The van der Waals surface area contributed by atoms with E-state index >= 15 is 0 Å². The van der Waals surface area contributed by atoms with Crippen molar-refractivity contribution in [1.29, 1.82) is 0 Å². The lowest BCUT2D eigenvalue weighted by Gasteiger charge is -2.12. The summed E-state index contributed by atoms with van der Waals surface area (Å²) in [7, 11) is 0. The van der Waals surface area contributed by atoms with Crippen molar-refractivity contribution >= 4 is 11.5 Å². The molecule has 4 N–H and O–H groups in total. The number of nitrogens with two attached hydrogens (primary N) is 1. The van der Waals surface area contributed by atoms with Crippen LogP contribution < -0.4 is 11.1 Å². The van der Waals surface area contributed by atoms with Gasteiger partial charge in [0.15, 0.2) is 0 Å². The third-order valence-electron chi connectivity index (χ3n) is 1.74. The van der Waals surface area contributed by atoms with E-state index < -0.39 is 0 Å². The van der Waals surface area contributed by atoms with Crippen LogP contribution >= 0.6 is 0 Å². The number of aliphatic hydroxyl groups excluding tert-OH is 1. The monoisotopic (exact) mass is 181 g/mol. The molecule has 0 amide bonds. The van der Waals surface area contributed by atoms with Gasteiger partial charge in [0, 0.05) is 12.6 Å². The van der Waals surface area contributed by atoms with Crippen molar-refractivity contribution in [3.05, 3.63) is 18.3 Å². The fourth-order valence-corrected chi connectivity index (χ4v) is 1.01. The molecule has 13 heavy (non-hydrogen) atoms. The maximum absolute atomic E-state index is 8.68. The fraction of sp³-hybridized carbons (Fsp3) is 0.444. The molecule has 0 aliphatic heterocycles. The molecule has 1 rings (SSSR count). The molecule has 4 nitrogen and oxygen atoms in total. The van der Waals surface area contributed by atoms with Crippen molar-refractivity contribution in [3.63, 3.8) is 0 Å². The van der Waals surface area contributed by atoms with Gasteiger partial charge in [0.25, 0.3) is 0 Å². The van der Waals surface area contributed by atoms with E-state index in [1.807, 2.05) is 13.0 Å². The van der Waals surface area contributed by atoms with Crippen molar-refractivity contribution < 1.29 is 5.11 Å². The first-order valence-corrected chi connectivity index (χ1v) is 4.31. The first-order valence-electron chi connectivity index (χ1n) is 4.31. The molecular weight excluding hydrogens is 166 g/mol. The Morgan fingerprint density at radius 2 is 2.38 bits per heavy atom. The molecule has 1 aromatic heterocycles. The summed E-state index contributed by atoms with van der Waals surface area (Å²) in [6.07, 6.45) is 2.32. The normalized spacial score (nSPS) is 12.5. The number of nitrogens with zero attached hydrogens (tertiary/aromatic N) is 1. The topological polar surface area (TPSA) is 71.2 Å². The Bertz CT molecular complexity index is 248. The molecular formula is C9H15N3O. The summed E-state index contributed by atoms with van der Waals surface area (Å²) in [5, 5.41) is 11.8. The zero-order chi connectivity index (χ0) is 9.68. The molecule has 1 aromatic rings. The van der Waals surface area contributed by atoms with E-state index in [4.69, 9.17) is 10.8 Å². The molecule has 4 heteroatoms. The van der Waals surface area contributed by atoms with Crippen LogP contribution in [0.5, 0.6) is 0 Å². The molecule has 1 atom stereocenters. The number of nitrogen functional groups attached to an aromatic ring is 1. The van der Waals surface area contributed by atoms with Crippen LogP contribution in [-0.4, -0.2) is 22.7 Å². The van der Waals surface area contributed by atoms with Gasteiger partial charge in [-0.3, -0.25) is 0 Å². The SMILES string of the molecule is CC(CCO)Nc1ccc(N)cn1. The molecule has 1 unspecified atom stereocenters. The van der Waals surface area contributed by atoms with E-state index in [1.54, 1.807) is 12.3 Å². The van der Waals surface area contributed by atoms with Crippen molar-refractivity contribution in [1.82, 2.24) is 4.98 Å². The molecule has 0 saturated carbocycles. The number of pyridine rings is 1.